The predicted octanol–water partition coefficient (Wildman–Crippen LogP) is 2.50. The van der Waals surface area contributed by atoms with E-state index in [1.54, 1.807) is 0 Å². The number of aliphatic hydroxyl groups is 1. The van der Waals surface area contributed by atoms with Crippen LogP contribution in [0.4, 0.5) is 0 Å². The third-order valence-corrected chi connectivity index (χ3v) is 4.97. The number of piperidine rings is 1. The predicted molar refractivity (Wildman–Crippen MR) is 107 cm³/mol. The molecule has 0 spiro atoms. The summed E-state index contributed by atoms with van der Waals surface area (Å²) in [5, 5.41) is 10.4. The number of esters is 1. The molecule has 0 aliphatic carbocycles. The highest BCUT2D eigenvalue weighted by atomic mass is 16.6. The van der Waals surface area contributed by atoms with Crippen molar-refractivity contribution < 1.29 is 24.2 Å². The Hall–Kier alpha value is -2.18. The van der Waals surface area contributed by atoms with Crippen molar-refractivity contribution in [3.8, 4) is 0 Å². The summed E-state index contributed by atoms with van der Waals surface area (Å²) in [6.45, 7) is 0.753. The lowest BCUT2D eigenvalue weighted by Gasteiger charge is -2.35. The number of nitrogens with zero attached hydrogens (tertiary/aromatic N) is 1. The summed E-state index contributed by atoms with van der Waals surface area (Å²) in [5.74, 6) is -0.248. The molecule has 6 nitrogen and oxygen atoms in total. The first-order valence-corrected chi connectivity index (χ1v) is 9.91. The highest BCUT2D eigenvalue weighted by Crippen LogP contribution is 2.23. The van der Waals surface area contributed by atoms with Gasteiger partial charge >= 0.3 is 5.97 Å². The highest BCUT2D eigenvalue weighted by molar-refractivity contribution is 5.77. The van der Waals surface area contributed by atoms with E-state index in [4.69, 9.17) is 4.74 Å². The summed E-state index contributed by atoms with van der Waals surface area (Å²) in [6, 6.07) is 10.1. The van der Waals surface area contributed by atoms with Gasteiger partial charge in [-0.3, -0.25) is 4.79 Å². The summed E-state index contributed by atoms with van der Waals surface area (Å²) in [7, 11) is 1.32. The van der Waals surface area contributed by atoms with Gasteiger partial charge in [-0.1, -0.05) is 42.5 Å². The van der Waals surface area contributed by atoms with Crippen molar-refractivity contribution >= 4 is 11.9 Å². The molecule has 1 unspecified atom stereocenters. The minimum absolute atomic E-state index is 0.0780. The van der Waals surface area contributed by atoms with Crippen molar-refractivity contribution in [3.63, 3.8) is 0 Å². The molecule has 2 atom stereocenters. The normalized spacial score (nSPS) is 18.4. The Bertz CT molecular complexity index is 631. The van der Waals surface area contributed by atoms with Gasteiger partial charge in [-0.25, -0.2) is 4.79 Å². The van der Waals surface area contributed by atoms with Crippen LogP contribution in [-0.2, 0) is 25.5 Å². The van der Waals surface area contributed by atoms with Gasteiger partial charge in [0.15, 0.2) is 0 Å². The molecule has 1 aliphatic heterocycles. The average Bonchev–Trinajstić information content (AvgIpc) is 2.70. The van der Waals surface area contributed by atoms with Gasteiger partial charge < -0.3 is 19.5 Å². The van der Waals surface area contributed by atoms with Crippen LogP contribution in [0.5, 0.6) is 0 Å². The lowest BCUT2D eigenvalue weighted by Crippen LogP contribution is -2.44. The minimum Gasteiger partial charge on any atom is -0.467 e. The molecule has 1 heterocycles. The van der Waals surface area contributed by atoms with Gasteiger partial charge in [0.05, 0.1) is 19.8 Å². The Kier molecular flexibility index (Phi) is 9.72. The first-order valence-electron chi connectivity index (χ1n) is 9.91. The molecule has 0 bridgehead atoms. The summed E-state index contributed by atoms with van der Waals surface area (Å²) in [6.07, 6.45) is 7.87. The summed E-state index contributed by atoms with van der Waals surface area (Å²) >= 11 is 0. The molecule has 154 valence electrons. The Morgan fingerprint density at radius 2 is 2.11 bits per heavy atom. The van der Waals surface area contributed by atoms with E-state index in [2.05, 4.69) is 4.74 Å². The smallest absolute Gasteiger partial charge is 0.331 e. The first kappa shape index (κ1) is 22.1. The Morgan fingerprint density at radius 1 is 1.32 bits per heavy atom. The number of hydrogen-bond acceptors (Lipinski definition) is 5. The number of rotatable bonds is 11. The number of benzene rings is 1. The zero-order valence-corrected chi connectivity index (χ0v) is 16.6. The van der Waals surface area contributed by atoms with Crippen LogP contribution in [0, 0.1) is 0 Å². The SMILES string of the molecule is COC(=O)COC/C=C\CN1C(=O)CCCC1CC[C@@H](O)Cc1ccccc1. The largest absolute Gasteiger partial charge is 0.467 e. The second-order valence-corrected chi connectivity index (χ2v) is 7.08. The van der Waals surface area contributed by atoms with Crippen LogP contribution < -0.4 is 0 Å². The number of carbonyl (C=O) groups is 2. The third kappa shape index (κ3) is 7.82. The van der Waals surface area contributed by atoms with E-state index in [1.165, 1.54) is 7.11 Å². The van der Waals surface area contributed by atoms with Crippen LogP contribution in [0.15, 0.2) is 42.5 Å². The Morgan fingerprint density at radius 3 is 2.86 bits per heavy atom. The molecule has 1 aromatic carbocycles. The number of carbonyl (C=O) groups excluding carboxylic acids is 2. The van der Waals surface area contributed by atoms with E-state index in [0.717, 1.165) is 24.8 Å². The molecule has 6 heteroatoms. The average molecular weight is 389 g/mol. The fraction of sp³-hybridized carbons (Fsp3) is 0.545. The van der Waals surface area contributed by atoms with Crippen molar-refractivity contribution in [2.24, 2.45) is 0 Å². The van der Waals surface area contributed by atoms with Crippen molar-refractivity contribution in [2.75, 3.05) is 26.9 Å². The molecule has 1 fully saturated rings. The van der Waals surface area contributed by atoms with Gasteiger partial charge in [-0.15, -0.1) is 0 Å². The zero-order chi connectivity index (χ0) is 20.2. The number of likely N-dealkylation sites (tertiary alicyclic amines) is 1. The molecular formula is C22H31NO5. The molecular weight excluding hydrogens is 358 g/mol. The molecule has 1 saturated heterocycles. The molecule has 0 saturated carbocycles. The van der Waals surface area contributed by atoms with Crippen molar-refractivity contribution in [1.82, 2.24) is 4.90 Å². The van der Waals surface area contributed by atoms with Crippen LogP contribution >= 0.6 is 0 Å². The van der Waals surface area contributed by atoms with Crippen LogP contribution in [0.25, 0.3) is 0 Å². The van der Waals surface area contributed by atoms with E-state index in [0.29, 0.717) is 32.4 Å². The van der Waals surface area contributed by atoms with Gasteiger partial charge in [0.2, 0.25) is 5.91 Å². The monoisotopic (exact) mass is 389 g/mol. The Labute approximate surface area is 167 Å². The van der Waals surface area contributed by atoms with Crippen LogP contribution in [-0.4, -0.2) is 60.9 Å². The van der Waals surface area contributed by atoms with Crippen molar-refractivity contribution in [3.05, 3.63) is 48.0 Å². The lowest BCUT2D eigenvalue weighted by atomic mass is 9.94. The highest BCUT2D eigenvalue weighted by Gasteiger charge is 2.27. The molecule has 1 aromatic rings. The van der Waals surface area contributed by atoms with Crippen LogP contribution in [0.3, 0.4) is 0 Å². The number of amides is 1. The van der Waals surface area contributed by atoms with E-state index < -0.39 is 12.1 Å². The van der Waals surface area contributed by atoms with Crippen LogP contribution in [0.2, 0.25) is 0 Å². The second-order valence-electron chi connectivity index (χ2n) is 7.08. The van der Waals surface area contributed by atoms with Gasteiger partial charge in [-0.05, 0) is 37.7 Å². The molecule has 1 amide bonds. The van der Waals surface area contributed by atoms with E-state index in [1.807, 2.05) is 47.4 Å². The number of methoxy groups -OCH3 is 1. The van der Waals surface area contributed by atoms with Crippen LogP contribution in [0.1, 0.15) is 37.7 Å². The van der Waals surface area contributed by atoms with E-state index in [9.17, 15) is 14.7 Å². The molecule has 28 heavy (non-hydrogen) atoms. The van der Waals surface area contributed by atoms with Gasteiger partial charge in [0.1, 0.15) is 6.61 Å². The maximum Gasteiger partial charge on any atom is 0.331 e. The quantitative estimate of drug-likeness (QED) is 0.357. The first-order chi connectivity index (χ1) is 13.6. The molecule has 1 N–H and O–H groups in total. The fourth-order valence-electron chi connectivity index (χ4n) is 3.44. The minimum atomic E-state index is -0.409. The van der Waals surface area contributed by atoms with E-state index in [-0.39, 0.29) is 18.6 Å². The maximum absolute atomic E-state index is 12.3. The summed E-state index contributed by atoms with van der Waals surface area (Å²) < 4.78 is 9.67. The van der Waals surface area contributed by atoms with Crippen molar-refractivity contribution in [1.29, 1.82) is 0 Å². The molecule has 0 aromatic heterocycles. The summed E-state index contributed by atoms with van der Waals surface area (Å²) in [5.41, 5.74) is 1.13. The second kappa shape index (κ2) is 12.3. The topological polar surface area (TPSA) is 76.1 Å². The van der Waals surface area contributed by atoms with Gasteiger partial charge in [-0.2, -0.15) is 0 Å². The Balaban J connectivity index is 1.76. The number of aliphatic hydroxyl groups excluding tert-OH is 1. The zero-order valence-electron chi connectivity index (χ0n) is 16.6. The number of hydrogen-bond donors (Lipinski definition) is 1. The number of ether oxygens (including phenoxy) is 2. The fourth-order valence-corrected chi connectivity index (χ4v) is 3.44. The van der Waals surface area contributed by atoms with Gasteiger partial charge in [0, 0.05) is 19.0 Å². The standard InChI is InChI=1S/C22H31NO5/c1-27-22(26)17-28-15-6-5-14-23-19(10-7-11-21(23)25)12-13-20(24)16-18-8-3-2-4-9-18/h2-6,8-9,19-20,24H,7,10-17H2,1H3/b6-5-/t19?,20-/m1/s1. The van der Waals surface area contributed by atoms with E-state index >= 15 is 0 Å². The molecule has 1 aliphatic rings. The molecule has 2 rings (SSSR count). The van der Waals surface area contributed by atoms with Gasteiger partial charge in [0.25, 0.3) is 0 Å². The lowest BCUT2D eigenvalue weighted by molar-refractivity contribution is -0.145. The maximum atomic E-state index is 12.3. The molecule has 0 radical (unpaired) electrons. The van der Waals surface area contributed by atoms with Crippen molar-refractivity contribution in [2.45, 2.75) is 50.7 Å². The third-order valence-electron chi connectivity index (χ3n) is 4.97. The summed E-state index contributed by atoms with van der Waals surface area (Å²) in [4.78, 5) is 25.2.